The molecule has 5 nitrogen and oxygen atoms in total. The lowest BCUT2D eigenvalue weighted by Crippen LogP contribution is -2.44. The second kappa shape index (κ2) is 8.89. The molecular formula is C20H14ClF3N2O3S2. The first-order valence-electron chi connectivity index (χ1n) is 8.71. The highest BCUT2D eigenvalue weighted by Gasteiger charge is 2.39. The number of nitrogens with zero attached hydrogens (tertiary/aromatic N) is 1. The molecule has 162 valence electrons. The van der Waals surface area contributed by atoms with E-state index >= 15 is 0 Å². The Morgan fingerprint density at radius 2 is 1.97 bits per heavy atom. The number of hydrogen-bond donors (Lipinski definition) is 2. The largest absolute Gasteiger partial charge is 0.507 e. The van der Waals surface area contributed by atoms with E-state index in [-0.39, 0.29) is 20.5 Å². The van der Waals surface area contributed by atoms with E-state index in [1.165, 1.54) is 43.3 Å². The molecule has 2 aromatic rings. The van der Waals surface area contributed by atoms with Gasteiger partial charge in [-0.05, 0) is 43.3 Å². The first kappa shape index (κ1) is 23.1. The normalized spacial score (nSPS) is 16.7. The number of rotatable bonds is 4. The number of phenolic OH excluding ortho intramolecular Hbond substituents is 1. The van der Waals surface area contributed by atoms with Crippen molar-refractivity contribution in [3.63, 3.8) is 0 Å². The van der Waals surface area contributed by atoms with Gasteiger partial charge in [0, 0.05) is 10.6 Å². The van der Waals surface area contributed by atoms with Crippen molar-refractivity contribution in [2.24, 2.45) is 0 Å². The van der Waals surface area contributed by atoms with Gasteiger partial charge in [-0.2, -0.15) is 13.2 Å². The van der Waals surface area contributed by atoms with Crippen LogP contribution in [-0.4, -0.2) is 32.2 Å². The van der Waals surface area contributed by atoms with Crippen molar-refractivity contribution >= 4 is 63.5 Å². The third-order valence-corrected chi connectivity index (χ3v) is 5.92. The fraction of sp³-hybridized carbons (Fsp3) is 0.150. The summed E-state index contributed by atoms with van der Waals surface area (Å²) in [5.41, 5.74) is -1.14. The topological polar surface area (TPSA) is 69.6 Å². The molecule has 11 heteroatoms. The van der Waals surface area contributed by atoms with Crippen LogP contribution in [0.5, 0.6) is 5.75 Å². The van der Waals surface area contributed by atoms with Crippen LogP contribution < -0.4 is 5.32 Å². The van der Waals surface area contributed by atoms with E-state index in [9.17, 15) is 27.9 Å². The smallest absolute Gasteiger partial charge is 0.418 e. The van der Waals surface area contributed by atoms with Gasteiger partial charge in [-0.15, -0.1) is 0 Å². The number of aromatic hydroxyl groups is 1. The number of alkyl halides is 3. The monoisotopic (exact) mass is 486 g/mol. The van der Waals surface area contributed by atoms with Gasteiger partial charge in [-0.3, -0.25) is 14.5 Å². The summed E-state index contributed by atoms with van der Waals surface area (Å²) >= 11 is 12.0. The molecule has 0 saturated carbocycles. The standard InChI is InChI=1S/C20H14ClF3N2O3S2/c1-10(17(28)25-14-5-3-2-4-13(14)20(22,23)24)26-18(29)16(31-19(26)30)9-11-8-12(21)6-7-15(11)27/h2-10,27H,1H3,(H,25,28)/b16-9-. The van der Waals surface area contributed by atoms with Gasteiger partial charge < -0.3 is 10.4 Å². The summed E-state index contributed by atoms with van der Waals surface area (Å²) in [6.07, 6.45) is -3.28. The molecule has 0 spiro atoms. The van der Waals surface area contributed by atoms with Crippen molar-refractivity contribution in [1.82, 2.24) is 4.90 Å². The van der Waals surface area contributed by atoms with E-state index in [1.54, 1.807) is 0 Å². The van der Waals surface area contributed by atoms with Gasteiger partial charge in [0.05, 0.1) is 16.2 Å². The van der Waals surface area contributed by atoms with Crippen molar-refractivity contribution < 1.29 is 27.9 Å². The van der Waals surface area contributed by atoms with Crippen LogP contribution in [0.4, 0.5) is 18.9 Å². The quantitative estimate of drug-likeness (QED) is 0.454. The van der Waals surface area contributed by atoms with Crippen molar-refractivity contribution in [3.05, 3.63) is 63.5 Å². The van der Waals surface area contributed by atoms with E-state index in [1.807, 2.05) is 0 Å². The molecule has 0 radical (unpaired) electrons. The minimum absolute atomic E-state index is 0.0597. The molecule has 0 aromatic heterocycles. The van der Waals surface area contributed by atoms with Crippen LogP contribution in [-0.2, 0) is 15.8 Å². The number of carbonyl (C=O) groups excluding carboxylic acids is 2. The minimum Gasteiger partial charge on any atom is -0.507 e. The molecule has 0 aliphatic carbocycles. The van der Waals surface area contributed by atoms with Gasteiger partial charge in [0.1, 0.15) is 16.1 Å². The maximum atomic E-state index is 13.2. The zero-order valence-electron chi connectivity index (χ0n) is 15.7. The average Bonchev–Trinajstić information content (AvgIpc) is 2.97. The van der Waals surface area contributed by atoms with E-state index in [0.717, 1.165) is 28.8 Å². The first-order chi connectivity index (χ1) is 14.5. The lowest BCUT2D eigenvalue weighted by molar-refractivity contribution is -0.137. The molecule has 2 N–H and O–H groups in total. The zero-order chi connectivity index (χ0) is 22.9. The Bertz CT molecular complexity index is 1110. The Labute approximate surface area is 189 Å². The second-order valence-corrected chi connectivity index (χ2v) is 8.58. The summed E-state index contributed by atoms with van der Waals surface area (Å²) in [6, 6.07) is 7.66. The molecule has 2 amide bonds. The highest BCUT2D eigenvalue weighted by molar-refractivity contribution is 8.26. The Morgan fingerprint density at radius 1 is 1.29 bits per heavy atom. The Balaban J connectivity index is 1.82. The van der Waals surface area contributed by atoms with E-state index < -0.39 is 35.3 Å². The van der Waals surface area contributed by atoms with Gasteiger partial charge in [-0.25, -0.2) is 0 Å². The molecule has 31 heavy (non-hydrogen) atoms. The Kier molecular flexibility index (Phi) is 6.63. The molecule has 1 atom stereocenters. The number of thioether (sulfide) groups is 1. The van der Waals surface area contributed by atoms with Crippen LogP contribution >= 0.6 is 35.6 Å². The summed E-state index contributed by atoms with van der Waals surface area (Å²) in [7, 11) is 0. The minimum atomic E-state index is -4.66. The third-order valence-electron chi connectivity index (χ3n) is 4.36. The fourth-order valence-electron chi connectivity index (χ4n) is 2.79. The number of nitrogens with one attached hydrogen (secondary N) is 1. The molecule has 1 heterocycles. The number of para-hydroxylation sites is 1. The van der Waals surface area contributed by atoms with Crippen molar-refractivity contribution in [2.45, 2.75) is 19.1 Å². The second-order valence-electron chi connectivity index (χ2n) is 6.46. The molecule has 2 aromatic carbocycles. The van der Waals surface area contributed by atoms with Gasteiger partial charge >= 0.3 is 6.18 Å². The Hall–Kier alpha value is -2.56. The third kappa shape index (κ3) is 5.03. The zero-order valence-corrected chi connectivity index (χ0v) is 18.1. The number of benzene rings is 2. The number of thiocarbonyl (C=S) groups is 1. The first-order valence-corrected chi connectivity index (χ1v) is 10.3. The lowest BCUT2D eigenvalue weighted by Gasteiger charge is -2.23. The molecule has 1 saturated heterocycles. The molecule has 1 unspecified atom stereocenters. The summed E-state index contributed by atoms with van der Waals surface area (Å²) in [6.45, 7) is 1.36. The fourth-order valence-corrected chi connectivity index (χ4v) is 4.38. The van der Waals surface area contributed by atoms with Crippen molar-refractivity contribution in [2.75, 3.05) is 5.32 Å². The molecule has 3 rings (SSSR count). The van der Waals surface area contributed by atoms with E-state index in [4.69, 9.17) is 23.8 Å². The van der Waals surface area contributed by atoms with Gasteiger partial charge in [-0.1, -0.05) is 47.7 Å². The highest BCUT2D eigenvalue weighted by Crippen LogP contribution is 2.37. The van der Waals surface area contributed by atoms with Crippen LogP contribution in [0.1, 0.15) is 18.1 Å². The van der Waals surface area contributed by atoms with Gasteiger partial charge in [0.2, 0.25) is 5.91 Å². The predicted molar refractivity (Wildman–Crippen MR) is 118 cm³/mol. The molecule has 1 fully saturated rings. The van der Waals surface area contributed by atoms with Crippen LogP contribution in [0.25, 0.3) is 6.08 Å². The number of halogens is 4. The summed E-state index contributed by atoms with van der Waals surface area (Å²) in [5.74, 6) is -1.55. The lowest BCUT2D eigenvalue weighted by atomic mass is 10.1. The van der Waals surface area contributed by atoms with Crippen LogP contribution in [0.15, 0.2) is 47.4 Å². The maximum absolute atomic E-state index is 13.2. The Morgan fingerprint density at radius 3 is 2.65 bits per heavy atom. The predicted octanol–water partition coefficient (Wildman–Crippen LogP) is 5.29. The highest BCUT2D eigenvalue weighted by atomic mass is 35.5. The summed E-state index contributed by atoms with van der Waals surface area (Å²) in [5, 5.41) is 12.5. The summed E-state index contributed by atoms with van der Waals surface area (Å²) < 4.78 is 39.6. The van der Waals surface area contributed by atoms with Crippen LogP contribution in [0, 0.1) is 0 Å². The van der Waals surface area contributed by atoms with Crippen LogP contribution in [0.3, 0.4) is 0 Å². The molecule has 1 aliphatic heterocycles. The molecule has 1 aliphatic rings. The SMILES string of the molecule is CC(C(=O)Nc1ccccc1C(F)(F)F)N1C(=O)/C(=C/c2cc(Cl)ccc2O)SC1=S. The number of hydrogen-bond acceptors (Lipinski definition) is 5. The van der Waals surface area contributed by atoms with Crippen molar-refractivity contribution in [3.8, 4) is 5.75 Å². The summed E-state index contributed by atoms with van der Waals surface area (Å²) in [4.78, 5) is 26.6. The average molecular weight is 487 g/mol. The number of phenols is 1. The molecular weight excluding hydrogens is 473 g/mol. The number of amides is 2. The van der Waals surface area contributed by atoms with Gasteiger partial charge in [0.25, 0.3) is 5.91 Å². The maximum Gasteiger partial charge on any atom is 0.418 e. The number of anilines is 1. The van der Waals surface area contributed by atoms with Gasteiger partial charge in [0.15, 0.2) is 0 Å². The van der Waals surface area contributed by atoms with Crippen molar-refractivity contribution in [1.29, 1.82) is 0 Å². The van der Waals surface area contributed by atoms with E-state index in [2.05, 4.69) is 5.32 Å². The van der Waals surface area contributed by atoms with Crippen LogP contribution in [0.2, 0.25) is 5.02 Å². The number of carbonyl (C=O) groups is 2. The molecule has 0 bridgehead atoms. The van der Waals surface area contributed by atoms with E-state index in [0.29, 0.717) is 5.02 Å².